The van der Waals surface area contributed by atoms with Crippen LogP contribution in [-0.4, -0.2) is 17.4 Å². The zero-order valence-electron chi connectivity index (χ0n) is 11.5. The van der Waals surface area contributed by atoms with E-state index in [0.717, 1.165) is 26.9 Å². The molecule has 2 aromatic rings. The Morgan fingerprint density at radius 3 is 2.76 bits per heavy atom. The van der Waals surface area contributed by atoms with Crippen LogP contribution < -0.4 is 5.43 Å². The average Bonchev–Trinajstić information content (AvgIpc) is 3.01. The monoisotopic (exact) mass is 338 g/mol. The molecule has 1 N–H and O–H groups in total. The fourth-order valence-electron chi connectivity index (χ4n) is 1.56. The van der Waals surface area contributed by atoms with Gasteiger partial charge in [-0.3, -0.25) is 4.79 Å². The Hall–Kier alpha value is -1.30. The number of hydrazone groups is 1. The number of thiophene rings is 1. The summed E-state index contributed by atoms with van der Waals surface area (Å²) in [5, 5.41) is 6.81. The van der Waals surface area contributed by atoms with Gasteiger partial charge in [-0.2, -0.15) is 5.10 Å². The number of thioether (sulfide) groups is 1. The highest BCUT2D eigenvalue weighted by atomic mass is 35.5. The minimum Gasteiger partial charge on any atom is -0.272 e. The van der Waals surface area contributed by atoms with Crippen molar-refractivity contribution in [1.29, 1.82) is 0 Å². The SMILES string of the molecule is C/C(=N/NC(=O)CSCc1ccc(Cl)cc1)c1cccs1. The van der Waals surface area contributed by atoms with Crippen LogP contribution in [0, 0.1) is 0 Å². The molecule has 0 radical (unpaired) electrons. The molecule has 6 heteroatoms. The number of halogens is 1. The first-order chi connectivity index (χ1) is 10.1. The second kappa shape index (κ2) is 8.22. The smallest absolute Gasteiger partial charge is 0.250 e. The van der Waals surface area contributed by atoms with Crippen LogP contribution in [0.25, 0.3) is 0 Å². The summed E-state index contributed by atoms with van der Waals surface area (Å²) < 4.78 is 0. The topological polar surface area (TPSA) is 41.5 Å². The van der Waals surface area contributed by atoms with E-state index in [1.807, 2.05) is 48.7 Å². The molecule has 0 bridgehead atoms. The van der Waals surface area contributed by atoms with E-state index in [-0.39, 0.29) is 5.91 Å². The molecule has 0 aliphatic rings. The Kier molecular flexibility index (Phi) is 6.29. The summed E-state index contributed by atoms with van der Waals surface area (Å²) in [7, 11) is 0. The van der Waals surface area contributed by atoms with Crippen molar-refractivity contribution in [2.45, 2.75) is 12.7 Å². The molecule has 1 amide bonds. The van der Waals surface area contributed by atoms with E-state index in [1.165, 1.54) is 0 Å². The summed E-state index contributed by atoms with van der Waals surface area (Å²) >= 11 is 8.97. The third kappa shape index (κ3) is 5.53. The third-order valence-electron chi connectivity index (χ3n) is 2.64. The van der Waals surface area contributed by atoms with Crippen LogP contribution in [0.2, 0.25) is 5.02 Å². The van der Waals surface area contributed by atoms with Crippen LogP contribution in [0.1, 0.15) is 17.4 Å². The normalized spacial score (nSPS) is 11.4. The third-order valence-corrected chi connectivity index (χ3v) is 4.88. The highest BCUT2D eigenvalue weighted by molar-refractivity contribution is 7.99. The zero-order chi connectivity index (χ0) is 15.1. The van der Waals surface area contributed by atoms with E-state index in [2.05, 4.69) is 10.5 Å². The number of carbonyl (C=O) groups is 1. The van der Waals surface area contributed by atoms with Gasteiger partial charge in [0.2, 0.25) is 5.91 Å². The van der Waals surface area contributed by atoms with Crippen molar-refractivity contribution in [3.63, 3.8) is 0 Å². The summed E-state index contributed by atoms with van der Waals surface area (Å²) in [6.45, 7) is 1.88. The number of amides is 1. The second-order valence-corrected chi connectivity index (χ2v) is 6.70. The number of benzene rings is 1. The van der Waals surface area contributed by atoms with E-state index in [1.54, 1.807) is 23.1 Å². The van der Waals surface area contributed by atoms with Gasteiger partial charge in [-0.05, 0) is 36.1 Å². The summed E-state index contributed by atoms with van der Waals surface area (Å²) in [5.41, 5.74) is 4.55. The van der Waals surface area contributed by atoms with Crippen molar-refractivity contribution in [3.8, 4) is 0 Å². The molecule has 0 saturated heterocycles. The number of nitrogens with one attached hydrogen (secondary N) is 1. The Bertz CT molecular complexity index is 609. The van der Waals surface area contributed by atoms with E-state index in [4.69, 9.17) is 11.6 Å². The lowest BCUT2D eigenvalue weighted by Crippen LogP contribution is -2.21. The average molecular weight is 339 g/mol. The van der Waals surface area contributed by atoms with E-state index >= 15 is 0 Å². The van der Waals surface area contributed by atoms with Gasteiger partial charge in [0, 0.05) is 15.7 Å². The Morgan fingerprint density at radius 1 is 1.33 bits per heavy atom. The first-order valence-corrected chi connectivity index (χ1v) is 8.75. The summed E-state index contributed by atoms with van der Waals surface area (Å²) in [5.74, 6) is 1.06. The molecule has 0 spiro atoms. The Balaban J connectivity index is 1.72. The maximum Gasteiger partial charge on any atom is 0.250 e. The van der Waals surface area contributed by atoms with Gasteiger partial charge < -0.3 is 0 Å². The van der Waals surface area contributed by atoms with Crippen LogP contribution in [-0.2, 0) is 10.5 Å². The molecule has 0 saturated carbocycles. The van der Waals surface area contributed by atoms with Crippen molar-refractivity contribution in [3.05, 3.63) is 57.2 Å². The van der Waals surface area contributed by atoms with Gasteiger partial charge in [-0.15, -0.1) is 23.1 Å². The number of nitrogens with zero attached hydrogens (tertiary/aromatic N) is 1. The predicted molar refractivity (Wildman–Crippen MR) is 92.3 cm³/mol. The molecule has 110 valence electrons. The van der Waals surface area contributed by atoms with Crippen molar-refractivity contribution in [2.75, 3.05) is 5.75 Å². The summed E-state index contributed by atoms with van der Waals surface area (Å²) in [6, 6.07) is 11.6. The van der Waals surface area contributed by atoms with Gasteiger partial charge in [0.25, 0.3) is 0 Å². The summed E-state index contributed by atoms with van der Waals surface area (Å²) in [4.78, 5) is 12.8. The maximum atomic E-state index is 11.7. The van der Waals surface area contributed by atoms with E-state index < -0.39 is 0 Å². The van der Waals surface area contributed by atoms with Crippen molar-refractivity contribution in [2.24, 2.45) is 5.10 Å². The Morgan fingerprint density at radius 2 is 2.10 bits per heavy atom. The number of hydrogen-bond donors (Lipinski definition) is 1. The highest BCUT2D eigenvalue weighted by Crippen LogP contribution is 2.15. The first kappa shape index (κ1) is 16.1. The van der Waals surface area contributed by atoms with Crippen molar-refractivity contribution < 1.29 is 4.79 Å². The van der Waals surface area contributed by atoms with Gasteiger partial charge in [0.1, 0.15) is 0 Å². The van der Waals surface area contributed by atoms with Crippen LogP contribution >= 0.6 is 34.7 Å². The van der Waals surface area contributed by atoms with Gasteiger partial charge in [0.05, 0.1) is 11.5 Å². The number of carbonyl (C=O) groups excluding carboxylic acids is 1. The minimum absolute atomic E-state index is 0.0927. The highest BCUT2D eigenvalue weighted by Gasteiger charge is 2.03. The quantitative estimate of drug-likeness (QED) is 0.634. The molecule has 1 aromatic heterocycles. The fraction of sp³-hybridized carbons (Fsp3) is 0.200. The molecule has 0 fully saturated rings. The van der Waals surface area contributed by atoms with Crippen LogP contribution in [0.5, 0.6) is 0 Å². The lowest BCUT2D eigenvalue weighted by molar-refractivity contribution is -0.118. The van der Waals surface area contributed by atoms with E-state index in [0.29, 0.717) is 5.75 Å². The first-order valence-electron chi connectivity index (χ1n) is 6.34. The molecule has 1 heterocycles. The molecule has 21 heavy (non-hydrogen) atoms. The van der Waals surface area contributed by atoms with Gasteiger partial charge in [0.15, 0.2) is 0 Å². The van der Waals surface area contributed by atoms with Crippen molar-refractivity contribution in [1.82, 2.24) is 5.43 Å². The molecular weight excluding hydrogens is 324 g/mol. The largest absolute Gasteiger partial charge is 0.272 e. The molecule has 3 nitrogen and oxygen atoms in total. The van der Waals surface area contributed by atoms with E-state index in [9.17, 15) is 4.79 Å². The fourth-order valence-corrected chi connectivity index (χ4v) is 3.14. The number of hydrogen-bond acceptors (Lipinski definition) is 4. The van der Waals surface area contributed by atoms with Crippen LogP contribution in [0.4, 0.5) is 0 Å². The van der Waals surface area contributed by atoms with Gasteiger partial charge >= 0.3 is 0 Å². The standard InChI is InChI=1S/C15H15ClN2OS2/c1-11(14-3-2-8-21-14)17-18-15(19)10-20-9-12-4-6-13(16)7-5-12/h2-8H,9-10H2,1H3,(H,18,19)/b17-11-. The maximum absolute atomic E-state index is 11.7. The van der Waals surface area contributed by atoms with Gasteiger partial charge in [-0.25, -0.2) is 5.43 Å². The lowest BCUT2D eigenvalue weighted by atomic mass is 10.2. The van der Waals surface area contributed by atoms with Crippen molar-refractivity contribution >= 4 is 46.3 Å². The minimum atomic E-state index is -0.0927. The predicted octanol–water partition coefficient (Wildman–Crippen LogP) is 4.18. The van der Waals surface area contributed by atoms with Crippen LogP contribution in [0.15, 0.2) is 46.9 Å². The molecule has 0 aliphatic heterocycles. The second-order valence-electron chi connectivity index (χ2n) is 4.33. The summed E-state index contributed by atoms with van der Waals surface area (Å²) in [6.07, 6.45) is 0. The molecule has 0 unspecified atom stereocenters. The van der Waals surface area contributed by atoms with Crippen LogP contribution in [0.3, 0.4) is 0 Å². The molecule has 0 aliphatic carbocycles. The lowest BCUT2D eigenvalue weighted by Gasteiger charge is -2.02. The molecule has 0 atom stereocenters. The Labute approximate surface area is 137 Å². The molecule has 1 aromatic carbocycles. The molecule has 2 rings (SSSR count). The molecular formula is C15H15ClN2OS2. The number of rotatable bonds is 6. The zero-order valence-corrected chi connectivity index (χ0v) is 13.9. The van der Waals surface area contributed by atoms with Gasteiger partial charge in [-0.1, -0.05) is 29.8 Å².